The molecule has 0 radical (unpaired) electrons. The van der Waals surface area contributed by atoms with Crippen molar-refractivity contribution >= 4 is 57.8 Å². The Morgan fingerprint density at radius 3 is 2.44 bits per heavy atom. The molecule has 13 heteroatoms. The van der Waals surface area contributed by atoms with Crippen LogP contribution in [0, 0.1) is 24.0 Å². The van der Waals surface area contributed by atoms with Crippen molar-refractivity contribution in [2.24, 2.45) is 0 Å². The van der Waals surface area contributed by atoms with Gasteiger partial charge in [-0.25, -0.2) is 0 Å². The SMILES string of the molecule is CCCOc1ccc(NC(=O)CC2C(=O)N(c3ccc(Cl)cc3)C(=S)N2CCCn2nc(C)c([N+](=O)[O-])c2C)cc1. The van der Waals surface area contributed by atoms with E-state index in [9.17, 15) is 19.7 Å². The van der Waals surface area contributed by atoms with E-state index in [0.29, 0.717) is 59.7 Å². The number of nitrogens with one attached hydrogen (secondary N) is 1. The Hall–Kier alpha value is -4.03. The summed E-state index contributed by atoms with van der Waals surface area (Å²) in [6.45, 7) is 6.59. The smallest absolute Gasteiger partial charge is 0.312 e. The summed E-state index contributed by atoms with van der Waals surface area (Å²) in [5.41, 5.74) is 1.92. The number of thiocarbonyl (C=S) groups is 1. The molecule has 1 saturated heterocycles. The van der Waals surface area contributed by atoms with Gasteiger partial charge >= 0.3 is 5.69 Å². The number of carbonyl (C=O) groups is 2. The second-order valence-corrected chi connectivity index (χ2v) is 10.4. The lowest BCUT2D eigenvalue weighted by Crippen LogP contribution is -2.38. The molecule has 1 aliphatic heterocycles. The molecule has 1 aliphatic rings. The van der Waals surface area contributed by atoms with Gasteiger partial charge in [-0.15, -0.1) is 0 Å². The van der Waals surface area contributed by atoms with E-state index in [1.54, 1.807) is 72.0 Å². The molecule has 11 nitrogen and oxygen atoms in total. The van der Waals surface area contributed by atoms with Gasteiger partial charge in [-0.3, -0.25) is 29.3 Å². The summed E-state index contributed by atoms with van der Waals surface area (Å²) in [5, 5.41) is 19.3. The van der Waals surface area contributed by atoms with Crippen LogP contribution in [-0.2, 0) is 16.1 Å². The second-order valence-electron chi connectivity index (χ2n) is 9.62. The van der Waals surface area contributed by atoms with E-state index < -0.39 is 11.0 Å². The molecule has 2 aromatic carbocycles. The normalized spacial score (nSPS) is 15.0. The summed E-state index contributed by atoms with van der Waals surface area (Å²) in [5.74, 6) is 0.0435. The molecule has 3 aromatic rings. The van der Waals surface area contributed by atoms with E-state index in [1.807, 2.05) is 6.92 Å². The molecule has 1 unspecified atom stereocenters. The molecule has 2 amide bonds. The molecule has 1 aromatic heterocycles. The summed E-state index contributed by atoms with van der Waals surface area (Å²) < 4.78 is 7.17. The van der Waals surface area contributed by atoms with Gasteiger partial charge < -0.3 is 15.0 Å². The van der Waals surface area contributed by atoms with Crippen molar-refractivity contribution in [1.29, 1.82) is 0 Å². The largest absolute Gasteiger partial charge is 0.494 e. The molecule has 0 aliphatic carbocycles. The van der Waals surface area contributed by atoms with Crippen LogP contribution in [0.1, 0.15) is 37.6 Å². The Balaban J connectivity index is 1.49. The highest BCUT2D eigenvalue weighted by atomic mass is 35.5. The van der Waals surface area contributed by atoms with Crippen LogP contribution in [-0.4, -0.2) is 55.7 Å². The van der Waals surface area contributed by atoms with Crippen molar-refractivity contribution in [2.75, 3.05) is 23.4 Å². The first kappa shape index (κ1) is 29.9. The van der Waals surface area contributed by atoms with Crippen LogP contribution in [0.25, 0.3) is 0 Å². The maximum atomic E-state index is 13.6. The average Bonchev–Trinajstić information content (AvgIpc) is 3.35. The molecular formula is C28H31ClN6O5S. The van der Waals surface area contributed by atoms with Crippen LogP contribution < -0.4 is 15.0 Å². The van der Waals surface area contributed by atoms with Crippen molar-refractivity contribution in [3.63, 3.8) is 0 Å². The molecule has 216 valence electrons. The maximum absolute atomic E-state index is 13.6. The van der Waals surface area contributed by atoms with E-state index >= 15 is 0 Å². The van der Waals surface area contributed by atoms with Gasteiger partial charge in [0.25, 0.3) is 5.91 Å². The number of halogens is 1. The standard InChI is InChI=1S/C28H31ClN6O5S/c1-4-16-40-23-12-8-21(9-13-23)30-25(36)17-24-27(37)34(22-10-6-20(29)7-11-22)28(41)32(24)14-5-15-33-19(3)26(35(38)39)18(2)31-33/h6-13,24H,4-5,14-17H2,1-3H3,(H,30,36). The highest BCUT2D eigenvalue weighted by Gasteiger charge is 2.44. The van der Waals surface area contributed by atoms with Crippen molar-refractivity contribution in [1.82, 2.24) is 14.7 Å². The lowest BCUT2D eigenvalue weighted by Gasteiger charge is -2.24. The lowest BCUT2D eigenvalue weighted by molar-refractivity contribution is -0.386. The number of carbonyl (C=O) groups excluding carboxylic acids is 2. The van der Waals surface area contributed by atoms with Crippen LogP contribution in [0.15, 0.2) is 48.5 Å². The van der Waals surface area contributed by atoms with Gasteiger partial charge in [0.05, 0.1) is 23.6 Å². The minimum Gasteiger partial charge on any atom is -0.494 e. The molecule has 0 saturated carbocycles. The fourth-order valence-corrected chi connectivity index (χ4v) is 5.26. The summed E-state index contributed by atoms with van der Waals surface area (Å²) in [7, 11) is 0. The van der Waals surface area contributed by atoms with Crippen molar-refractivity contribution < 1.29 is 19.2 Å². The number of amides is 2. The van der Waals surface area contributed by atoms with Gasteiger partial charge in [0.15, 0.2) is 5.11 Å². The minimum absolute atomic E-state index is 0.00899. The molecule has 1 N–H and O–H groups in total. The topological polar surface area (TPSA) is 123 Å². The first-order valence-corrected chi connectivity index (χ1v) is 14.0. The highest BCUT2D eigenvalue weighted by molar-refractivity contribution is 7.80. The lowest BCUT2D eigenvalue weighted by atomic mass is 10.1. The third-order valence-corrected chi connectivity index (χ3v) is 7.36. The number of hydrogen-bond acceptors (Lipinski definition) is 7. The zero-order valence-electron chi connectivity index (χ0n) is 23.0. The van der Waals surface area contributed by atoms with Crippen LogP contribution >= 0.6 is 23.8 Å². The van der Waals surface area contributed by atoms with Crippen molar-refractivity contribution in [2.45, 2.75) is 52.6 Å². The summed E-state index contributed by atoms with van der Waals surface area (Å²) in [6.07, 6.45) is 1.25. The fraction of sp³-hybridized carbons (Fsp3) is 0.357. The monoisotopic (exact) mass is 598 g/mol. The van der Waals surface area contributed by atoms with Crippen LogP contribution in [0.4, 0.5) is 17.1 Å². The Bertz CT molecular complexity index is 1440. The van der Waals surface area contributed by atoms with E-state index in [2.05, 4.69) is 10.4 Å². The Morgan fingerprint density at radius 2 is 1.83 bits per heavy atom. The number of nitro groups is 1. The number of aryl methyl sites for hydroxylation is 2. The number of anilines is 2. The van der Waals surface area contributed by atoms with Crippen LogP contribution in [0.5, 0.6) is 5.75 Å². The Kier molecular flexibility index (Phi) is 9.56. The van der Waals surface area contributed by atoms with Crippen LogP contribution in [0.3, 0.4) is 0 Å². The van der Waals surface area contributed by atoms with Gasteiger partial charge in [0, 0.05) is 23.8 Å². The number of nitrogens with zero attached hydrogens (tertiary/aromatic N) is 5. The third-order valence-electron chi connectivity index (χ3n) is 6.69. The van der Waals surface area contributed by atoms with Gasteiger partial charge in [-0.1, -0.05) is 18.5 Å². The molecule has 0 bridgehead atoms. The Labute approximate surface area is 248 Å². The average molecular weight is 599 g/mol. The van der Waals surface area contributed by atoms with Gasteiger partial charge in [0.2, 0.25) is 5.91 Å². The predicted molar refractivity (Wildman–Crippen MR) is 160 cm³/mol. The first-order valence-electron chi connectivity index (χ1n) is 13.2. The minimum atomic E-state index is -0.833. The van der Waals surface area contributed by atoms with E-state index in [4.69, 9.17) is 28.6 Å². The van der Waals surface area contributed by atoms with E-state index in [-0.39, 0.29) is 29.0 Å². The molecule has 2 heterocycles. The van der Waals surface area contributed by atoms with Crippen LogP contribution in [0.2, 0.25) is 5.02 Å². The quantitative estimate of drug-likeness (QED) is 0.170. The third kappa shape index (κ3) is 6.83. The predicted octanol–water partition coefficient (Wildman–Crippen LogP) is 5.27. The number of hydrogen-bond donors (Lipinski definition) is 1. The maximum Gasteiger partial charge on any atom is 0.312 e. The molecule has 0 spiro atoms. The number of aromatic nitrogens is 2. The van der Waals surface area contributed by atoms with Gasteiger partial charge in [0.1, 0.15) is 23.2 Å². The number of rotatable bonds is 12. The van der Waals surface area contributed by atoms with Gasteiger partial charge in [-0.05, 0) is 87.4 Å². The number of benzene rings is 2. The van der Waals surface area contributed by atoms with E-state index in [1.165, 1.54) is 4.90 Å². The zero-order valence-corrected chi connectivity index (χ0v) is 24.6. The molecule has 4 rings (SSSR count). The summed E-state index contributed by atoms with van der Waals surface area (Å²) >= 11 is 11.8. The number of ether oxygens (including phenoxy) is 1. The van der Waals surface area contributed by atoms with E-state index in [0.717, 1.165) is 6.42 Å². The van der Waals surface area contributed by atoms with Gasteiger partial charge in [-0.2, -0.15) is 5.10 Å². The highest BCUT2D eigenvalue weighted by Crippen LogP contribution is 2.29. The molecule has 41 heavy (non-hydrogen) atoms. The molecular weight excluding hydrogens is 568 g/mol. The molecule has 1 atom stereocenters. The van der Waals surface area contributed by atoms with Crippen molar-refractivity contribution in [3.8, 4) is 5.75 Å². The summed E-state index contributed by atoms with van der Waals surface area (Å²) in [4.78, 5) is 40.8. The summed E-state index contributed by atoms with van der Waals surface area (Å²) in [6, 6.07) is 12.9. The molecule has 1 fully saturated rings. The second kappa shape index (κ2) is 13.1. The Morgan fingerprint density at radius 1 is 1.15 bits per heavy atom. The van der Waals surface area contributed by atoms with Crippen molar-refractivity contribution in [3.05, 3.63) is 75.1 Å². The zero-order chi connectivity index (χ0) is 29.7. The first-order chi connectivity index (χ1) is 19.6. The fourth-order valence-electron chi connectivity index (χ4n) is 4.72.